The van der Waals surface area contributed by atoms with Crippen LogP contribution in [-0.2, 0) is 6.67 Å². The smallest absolute Gasteiger partial charge is 0.255 e. The van der Waals surface area contributed by atoms with Gasteiger partial charge in [0.05, 0.1) is 12.0 Å². The minimum Gasteiger partial charge on any atom is -0.325 e. The van der Waals surface area contributed by atoms with Crippen molar-refractivity contribution in [1.82, 2.24) is 34.1 Å². The first-order valence-corrected chi connectivity index (χ1v) is 13.4. The van der Waals surface area contributed by atoms with E-state index in [9.17, 15) is 9.18 Å². The SMILES string of the molecule is Cc1cn(-c2cc(CF)cc(C(=O)Nc3ccc(C)c(Nc4nccn4-c4cc(Nc5ccccn5)ncn4)c3)c2)cn1. The number of alkyl halides is 1. The summed E-state index contributed by atoms with van der Waals surface area (Å²) in [7, 11) is 0. The van der Waals surface area contributed by atoms with Gasteiger partial charge in [0.25, 0.3) is 5.91 Å². The molecule has 2 aromatic carbocycles. The van der Waals surface area contributed by atoms with E-state index in [2.05, 4.69) is 40.9 Å². The molecule has 0 aliphatic rings. The molecule has 3 N–H and O–H groups in total. The highest BCUT2D eigenvalue weighted by atomic mass is 19.1. The number of nitrogens with one attached hydrogen (secondary N) is 3. The first kappa shape index (κ1) is 27.3. The minimum absolute atomic E-state index is 0.334. The summed E-state index contributed by atoms with van der Waals surface area (Å²) < 4.78 is 17.2. The highest BCUT2D eigenvalue weighted by Crippen LogP contribution is 2.26. The van der Waals surface area contributed by atoms with Crippen LogP contribution in [0.2, 0.25) is 0 Å². The van der Waals surface area contributed by atoms with Crippen LogP contribution in [-0.4, -0.2) is 40.0 Å². The third kappa shape index (κ3) is 6.22. The van der Waals surface area contributed by atoms with Crippen LogP contribution < -0.4 is 16.0 Å². The molecule has 0 saturated heterocycles. The van der Waals surface area contributed by atoms with Gasteiger partial charge >= 0.3 is 0 Å². The number of halogens is 1. The predicted octanol–water partition coefficient (Wildman–Crippen LogP) is 6.07. The molecule has 0 aliphatic heterocycles. The molecule has 0 saturated carbocycles. The number of carbonyl (C=O) groups is 1. The fraction of sp³-hybridized carbons (Fsp3) is 0.0968. The van der Waals surface area contributed by atoms with Crippen LogP contribution in [0.15, 0.2) is 98.1 Å². The topological polar surface area (TPSA) is 127 Å². The van der Waals surface area contributed by atoms with Gasteiger partial charge in [-0.15, -0.1) is 0 Å². The summed E-state index contributed by atoms with van der Waals surface area (Å²) in [6, 6.07) is 17.8. The zero-order valence-electron chi connectivity index (χ0n) is 23.4. The molecule has 43 heavy (non-hydrogen) atoms. The van der Waals surface area contributed by atoms with Gasteiger partial charge in [-0.25, -0.2) is 29.3 Å². The highest BCUT2D eigenvalue weighted by Gasteiger charge is 2.14. The zero-order chi connectivity index (χ0) is 29.8. The Bertz CT molecular complexity index is 1900. The summed E-state index contributed by atoms with van der Waals surface area (Å²) in [5.74, 6) is 1.98. The number of amides is 1. The summed E-state index contributed by atoms with van der Waals surface area (Å²) in [5, 5.41) is 9.43. The van der Waals surface area contributed by atoms with E-state index >= 15 is 0 Å². The summed E-state index contributed by atoms with van der Waals surface area (Å²) in [6.45, 7) is 3.12. The zero-order valence-corrected chi connectivity index (χ0v) is 23.4. The molecule has 6 rings (SSSR count). The molecule has 0 atom stereocenters. The van der Waals surface area contributed by atoms with Gasteiger partial charge in [-0.2, -0.15) is 0 Å². The van der Waals surface area contributed by atoms with Gasteiger partial charge in [0.1, 0.15) is 30.5 Å². The number of rotatable bonds is 9. The molecule has 6 aromatic rings. The molecule has 0 unspecified atom stereocenters. The molecule has 0 aliphatic carbocycles. The Labute approximate surface area is 246 Å². The highest BCUT2D eigenvalue weighted by molar-refractivity contribution is 6.05. The average Bonchev–Trinajstić information content (AvgIpc) is 3.68. The van der Waals surface area contributed by atoms with Gasteiger partial charge < -0.3 is 20.5 Å². The van der Waals surface area contributed by atoms with Gasteiger partial charge in [-0.05, 0) is 67.4 Å². The maximum atomic E-state index is 13.7. The number of aryl methyl sites for hydroxylation is 2. The number of nitrogens with zero attached hydrogens (tertiary/aromatic N) is 7. The molecule has 12 heteroatoms. The van der Waals surface area contributed by atoms with Crippen LogP contribution >= 0.6 is 0 Å². The molecule has 0 bridgehead atoms. The van der Waals surface area contributed by atoms with Crippen molar-refractivity contribution < 1.29 is 9.18 Å². The van der Waals surface area contributed by atoms with Gasteiger partial charge in [-0.1, -0.05) is 12.1 Å². The fourth-order valence-electron chi connectivity index (χ4n) is 4.45. The van der Waals surface area contributed by atoms with Crippen molar-refractivity contribution in [3.05, 3.63) is 120 Å². The Morgan fingerprint density at radius 2 is 1.79 bits per heavy atom. The van der Waals surface area contributed by atoms with Crippen molar-refractivity contribution in [3.8, 4) is 11.5 Å². The molecular weight excluding hydrogens is 547 g/mol. The maximum Gasteiger partial charge on any atom is 0.255 e. The maximum absolute atomic E-state index is 13.7. The number of carbonyl (C=O) groups excluding carboxylic acids is 1. The lowest BCUT2D eigenvalue weighted by molar-refractivity contribution is 0.102. The van der Waals surface area contributed by atoms with Gasteiger partial charge in [-0.3, -0.25) is 9.36 Å². The molecule has 0 radical (unpaired) electrons. The lowest BCUT2D eigenvalue weighted by Gasteiger charge is -2.14. The van der Waals surface area contributed by atoms with Crippen molar-refractivity contribution in [1.29, 1.82) is 0 Å². The van der Waals surface area contributed by atoms with E-state index in [1.165, 1.54) is 6.33 Å². The number of anilines is 5. The number of hydrogen-bond acceptors (Lipinski definition) is 8. The monoisotopic (exact) mass is 574 g/mol. The van der Waals surface area contributed by atoms with E-state index in [1.54, 1.807) is 58.3 Å². The fourth-order valence-corrected chi connectivity index (χ4v) is 4.45. The van der Waals surface area contributed by atoms with E-state index in [0.717, 1.165) is 16.9 Å². The Morgan fingerprint density at radius 3 is 2.58 bits per heavy atom. The van der Waals surface area contributed by atoms with E-state index < -0.39 is 6.67 Å². The van der Waals surface area contributed by atoms with Crippen molar-refractivity contribution in [2.24, 2.45) is 0 Å². The molecule has 214 valence electrons. The van der Waals surface area contributed by atoms with E-state index in [0.29, 0.717) is 45.9 Å². The van der Waals surface area contributed by atoms with E-state index in [1.807, 2.05) is 56.4 Å². The number of pyridine rings is 1. The molecule has 11 nitrogen and oxygen atoms in total. The second-order valence-corrected chi connectivity index (χ2v) is 9.78. The Hall–Kier alpha value is -5.91. The summed E-state index contributed by atoms with van der Waals surface area (Å²) in [6.07, 6.45) is 10.1. The van der Waals surface area contributed by atoms with Crippen LogP contribution in [0, 0.1) is 13.8 Å². The quantitative estimate of drug-likeness (QED) is 0.190. The Morgan fingerprint density at radius 1 is 0.884 bits per heavy atom. The van der Waals surface area contributed by atoms with Crippen molar-refractivity contribution >= 4 is 34.9 Å². The number of hydrogen-bond donors (Lipinski definition) is 3. The summed E-state index contributed by atoms with van der Waals surface area (Å²) >= 11 is 0. The van der Waals surface area contributed by atoms with Crippen LogP contribution in [0.25, 0.3) is 11.5 Å². The number of benzene rings is 2. The Balaban J connectivity index is 1.22. The molecule has 0 fully saturated rings. The largest absolute Gasteiger partial charge is 0.325 e. The van der Waals surface area contributed by atoms with Crippen LogP contribution in [0.1, 0.15) is 27.2 Å². The van der Waals surface area contributed by atoms with E-state index in [-0.39, 0.29) is 5.91 Å². The van der Waals surface area contributed by atoms with Crippen LogP contribution in [0.3, 0.4) is 0 Å². The van der Waals surface area contributed by atoms with Crippen LogP contribution in [0.4, 0.5) is 33.3 Å². The second kappa shape index (κ2) is 11.9. The van der Waals surface area contributed by atoms with Gasteiger partial charge in [0.2, 0.25) is 5.95 Å². The molecule has 4 heterocycles. The first-order valence-electron chi connectivity index (χ1n) is 13.4. The summed E-state index contributed by atoms with van der Waals surface area (Å²) in [5.41, 5.74) is 4.44. The van der Waals surface area contributed by atoms with Gasteiger partial charge in [0.15, 0.2) is 0 Å². The molecule has 0 spiro atoms. The molecule has 4 aromatic heterocycles. The molecule has 1 amide bonds. The standard InChI is InChI=1S/C31H27FN10O/c1-20-6-7-24(38-30(43)23-11-22(16-32)12-25(13-23)41-17-21(2)37-19-41)14-26(20)39-31-34-9-10-42(31)29-15-28(35-18-36-29)40-27-5-3-4-8-33-27/h3-15,17-19H,16H2,1-2H3,(H,34,39)(H,38,43)(H,33,35,36,40). The number of imidazole rings is 2. The van der Waals surface area contributed by atoms with Crippen LogP contribution in [0.5, 0.6) is 0 Å². The third-order valence-corrected chi connectivity index (χ3v) is 6.61. The third-order valence-electron chi connectivity index (χ3n) is 6.61. The van der Waals surface area contributed by atoms with Crippen molar-refractivity contribution in [2.75, 3.05) is 16.0 Å². The van der Waals surface area contributed by atoms with Crippen molar-refractivity contribution in [2.45, 2.75) is 20.5 Å². The lowest BCUT2D eigenvalue weighted by atomic mass is 10.1. The minimum atomic E-state index is -0.694. The predicted molar refractivity (Wildman–Crippen MR) is 162 cm³/mol. The number of aromatic nitrogens is 7. The summed E-state index contributed by atoms with van der Waals surface area (Å²) in [4.78, 5) is 34.9. The van der Waals surface area contributed by atoms with Crippen molar-refractivity contribution in [3.63, 3.8) is 0 Å². The first-order chi connectivity index (χ1) is 20.9. The Kier molecular flexibility index (Phi) is 7.55. The lowest BCUT2D eigenvalue weighted by Crippen LogP contribution is -2.13. The second-order valence-electron chi connectivity index (χ2n) is 9.78. The average molecular weight is 575 g/mol. The van der Waals surface area contributed by atoms with E-state index in [4.69, 9.17) is 0 Å². The van der Waals surface area contributed by atoms with Gasteiger partial charge in [0, 0.05) is 53.5 Å². The normalized spacial score (nSPS) is 10.9. The molecular formula is C31H27FN10O.